The molecule has 1 saturated carbocycles. The lowest BCUT2D eigenvalue weighted by atomic mass is 10.2. The normalized spacial score (nSPS) is 19.4. The average molecular weight is 289 g/mol. The third-order valence-corrected chi connectivity index (χ3v) is 3.60. The van der Waals surface area contributed by atoms with E-state index in [1.807, 2.05) is 11.8 Å². The summed E-state index contributed by atoms with van der Waals surface area (Å²) in [6.07, 6.45) is 3.56. The molecule has 6 nitrogen and oxygen atoms in total. The molecule has 0 aromatic carbocycles. The minimum Gasteiger partial charge on any atom is -0.480 e. The Morgan fingerprint density at radius 2 is 2.00 bits per heavy atom. The van der Waals surface area contributed by atoms with Crippen molar-refractivity contribution in [1.29, 1.82) is 0 Å². The van der Waals surface area contributed by atoms with Gasteiger partial charge in [-0.15, -0.1) is 0 Å². The van der Waals surface area contributed by atoms with Gasteiger partial charge in [0.15, 0.2) is 0 Å². The number of carboxylic acid groups (broad SMARTS) is 1. The molecule has 0 amide bonds. The first-order valence-corrected chi connectivity index (χ1v) is 7.27. The number of aliphatic hydroxyl groups excluding tert-OH is 1. The SMILES string of the molecule is COCC(C)OCC(O)CN(CC(=O)O)C1CCCC1. The van der Waals surface area contributed by atoms with E-state index in [9.17, 15) is 9.90 Å². The van der Waals surface area contributed by atoms with Gasteiger partial charge in [-0.25, -0.2) is 0 Å². The first kappa shape index (κ1) is 17.4. The summed E-state index contributed by atoms with van der Waals surface area (Å²) < 4.78 is 10.4. The highest BCUT2D eigenvalue weighted by Crippen LogP contribution is 2.23. The molecule has 20 heavy (non-hydrogen) atoms. The number of carbonyl (C=O) groups is 1. The predicted molar refractivity (Wildman–Crippen MR) is 74.8 cm³/mol. The van der Waals surface area contributed by atoms with E-state index in [-0.39, 0.29) is 25.3 Å². The van der Waals surface area contributed by atoms with Crippen molar-refractivity contribution in [1.82, 2.24) is 4.90 Å². The van der Waals surface area contributed by atoms with Gasteiger partial charge in [0.25, 0.3) is 0 Å². The van der Waals surface area contributed by atoms with E-state index in [1.54, 1.807) is 7.11 Å². The molecule has 0 spiro atoms. The van der Waals surface area contributed by atoms with Gasteiger partial charge in [0.05, 0.1) is 32.0 Å². The zero-order chi connectivity index (χ0) is 15.0. The van der Waals surface area contributed by atoms with E-state index >= 15 is 0 Å². The lowest BCUT2D eigenvalue weighted by Crippen LogP contribution is -2.43. The molecule has 0 saturated heterocycles. The summed E-state index contributed by atoms with van der Waals surface area (Å²) in [4.78, 5) is 12.8. The molecule has 6 heteroatoms. The highest BCUT2D eigenvalue weighted by molar-refractivity contribution is 5.69. The van der Waals surface area contributed by atoms with Gasteiger partial charge in [0.1, 0.15) is 0 Å². The monoisotopic (exact) mass is 289 g/mol. The van der Waals surface area contributed by atoms with Crippen molar-refractivity contribution in [2.45, 2.75) is 50.9 Å². The van der Waals surface area contributed by atoms with Gasteiger partial charge in [-0.3, -0.25) is 9.69 Å². The first-order valence-electron chi connectivity index (χ1n) is 7.27. The second kappa shape index (κ2) is 9.28. The van der Waals surface area contributed by atoms with Crippen LogP contribution in [0.25, 0.3) is 0 Å². The van der Waals surface area contributed by atoms with Crippen molar-refractivity contribution in [2.24, 2.45) is 0 Å². The van der Waals surface area contributed by atoms with Crippen molar-refractivity contribution >= 4 is 5.97 Å². The van der Waals surface area contributed by atoms with Crippen LogP contribution in [-0.2, 0) is 14.3 Å². The van der Waals surface area contributed by atoms with Crippen LogP contribution in [0.5, 0.6) is 0 Å². The summed E-state index contributed by atoms with van der Waals surface area (Å²) in [5, 5.41) is 19.0. The molecule has 118 valence electrons. The van der Waals surface area contributed by atoms with E-state index in [1.165, 1.54) is 0 Å². The molecule has 2 atom stereocenters. The molecule has 1 fully saturated rings. The van der Waals surface area contributed by atoms with E-state index in [2.05, 4.69) is 0 Å². The number of rotatable bonds is 10. The highest BCUT2D eigenvalue weighted by atomic mass is 16.5. The molecule has 0 radical (unpaired) electrons. The van der Waals surface area contributed by atoms with Crippen LogP contribution in [-0.4, -0.2) is 72.7 Å². The van der Waals surface area contributed by atoms with Gasteiger partial charge >= 0.3 is 5.97 Å². The third kappa shape index (κ3) is 6.65. The largest absolute Gasteiger partial charge is 0.480 e. The molecular formula is C14H27NO5. The molecule has 1 aliphatic rings. The summed E-state index contributed by atoms with van der Waals surface area (Å²) in [7, 11) is 1.60. The van der Waals surface area contributed by atoms with E-state index in [4.69, 9.17) is 14.6 Å². The molecule has 0 aromatic rings. The van der Waals surface area contributed by atoms with Crippen LogP contribution < -0.4 is 0 Å². The Bertz CT molecular complexity index is 281. The van der Waals surface area contributed by atoms with Gasteiger partial charge in [-0.1, -0.05) is 12.8 Å². The van der Waals surface area contributed by atoms with E-state index in [0.717, 1.165) is 25.7 Å². The van der Waals surface area contributed by atoms with Gasteiger partial charge < -0.3 is 19.7 Å². The zero-order valence-electron chi connectivity index (χ0n) is 12.5. The molecule has 0 heterocycles. The Labute approximate surface area is 120 Å². The smallest absolute Gasteiger partial charge is 0.317 e. The fourth-order valence-electron chi connectivity index (χ4n) is 2.67. The zero-order valence-corrected chi connectivity index (χ0v) is 12.5. The summed E-state index contributed by atoms with van der Waals surface area (Å²) in [5.74, 6) is -0.849. The number of hydrogen-bond acceptors (Lipinski definition) is 5. The number of aliphatic carboxylic acids is 1. The Morgan fingerprint density at radius 3 is 2.55 bits per heavy atom. The molecule has 0 aromatic heterocycles. The maximum atomic E-state index is 10.9. The Hall–Kier alpha value is -0.690. The maximum Gasteiger partial charge on any atom is 0.317 e. The summed E-state index contributed by atoms with van der Waals surface area (Å²) in [6, 6.07) is 0.275. The van der Waals surface area contributed by atoms with Crippen molar-refractivity contribution < 1.29 is 24.5 Å². The second-order valence-corrected chi connectivity index (χ2v) is 5.51. The van der Waals surface area contributed by atoms with E-state index < -0.39 is 12.1 Å². The predicted octanol–water partition coefficient (Wildman–Crippen LogP) is 0.728. The third-order valence-electron chi connectivity index (χ3n) is 3.60. The molecule has 2 N–H and O–H groups in total. The highest BCUT2D eigenvalue weighted by Gasteiger charge is 2.26. The van der Waals surface area contributed by atoms with Crippen LogP contribution in [0.1, 0.15) is 32.6 Å². The summed E-state index contributed by atoms with van der Waals surface area (Å²) in [5.41, 5.74) is 0. The maximum absolute atomic E-state index is 10.9. The molecular weight excluding hydrogens is 262 g/mol. The lowest BCUT2D eigenvalue weighted by molar-refractivity contribution is -0.139. The van der Waals surface area contributed by atoms with Crippen molar-refractivity contribution in [2.75, 3.05) is 33.4 Å². The fourth-order valence-corrected chi connectivity index (χ4v) is 2.67. The topological polar surface area (TPSA) is 79.2 Å². The molecule has 0 aliphatic heterocycles. The van der Waals surface area contributed by atoms with Crippen molar-refractivity contribution in [3.8, 4) is 0 Å². The van der Waals surface area contributed by atoms with Crippen molar-refractivity contribution in [3.63, 3.8) is 0 Å². The Morgan fingerprint density at radius 1 is 1.35 bits per heavy atom. The van der Waals surface area contributed by atoms with Crippen LogP contribution in [0.15, 0.2) is 0 Å². The van der Waals surface area contributed by atoms with E-state index in [0.29, 0.717) is 13.2 Å². The molecule has 0 bridgehead atoms. The van der Waals surface area contributed by atoms with Crippen LogP contribution in [0.2, 0.25) is 0 Å². The number of hydrogen-bond donors (Lipinski definition) is 2. The Kier molecular flexibility index (Phi) is 8.06. The van der Waals surface area contributed by atoms with Crippen molar-refractivity contribution in [3.05, 3.63) is 0 Å². The summed E-state index contributed by atoms with van der Waals surface area (Å²) >= 11 is 0. The number of methoxy groups -OCH3 is 1. The Balaban J connectivity index is 2.36. The van der Waals surface area contributed by atoms with Gasteiger partial charge in [-0.05, 0) is 19.8 Å². The number of nitrogens with zero attached hydrogens (tertiary/aromatic N) is 1. The first-order chi connectivity index (χ1) is 9.52. The van der Waals surface area contributed by atoms with Crippen LogP contribution in [0.4, 0.5) is 0 Å². The van der Waals surface area contributed by atoms with Crippen LogP contribution in [0, 0.1) is 0 Å². The molecule has 1 rings (SSSR count). The summed E-state index contributed by atoms with van der Waals surface area (Å²) in [6.45, 7) is 2.88. The standard InChI is InChI=1S/C14H27NO5/c1-11(9-19-2)20-10-13(16)7-15(8-14(17)18)12-5-3-4-6-12/h11-13,16H,3-10H2,1-2H3,(H,17,18). The fraction of sp³-hybridized carbons (Fsp3) is 0.929. The van der Waals surface area contributed by atoms with Gasteiger partial charge in [0.2, 0.25) is 0 Å². The average Bonchev–Trinajstić information content (AvgIpc) is 2.89. The number of carboxylic acids is 1. The van der Waals surface area contributed by atoms with Gasteiger partial charge in [-0.2, -0.15) is 0 Å². The second-order valence-electron chi connectivity index (χ2n) is 5.51. The van der Waals surface area contributed by atoms with Gasteiger partial charge in [0, 0.05) is 19.7 Å². The number of aliphatic hydroxyl groups is 1. The minimum absolute atomic E-state index is 0.0185. The minimum atomic E-state index is -0.849. The molecule has 1 aliphatic carbocycles. The molecule has 2 unspecified atom stereocenters. The quantitative estimate of drug-likeness (QED) is 0.617. The number of ether oxygens (including phenoxy) is 2. The van der Waals surface area contributed by atoms with Crippen LogP contribution >= 0.6 is 0 Å². The lowest BCUT2D eigenvalue weighted by Gasteiger charge is -2.29. The van der Waals surface area contributed by atoms with Crippen LogP contribution in [0.3, 0.4) is 0 Å².